The molecular weight excluding hydrogens is 342 g/mol. The molecule has 1 saturated heterocycles. The van der Waals surface area contributed by atoms with Gasteiger partial charge in [-0.05, 0) is 52.2 Å². The van der Waals surface area contributed by atoms with Crippen LogP contribution in [-0.2, 0) is 9.53 Å². The molecule has 150 valence electrons. The number of alkyl carbamates (subject to hydrolysis) is 1. The molecule has 6 heteroatoms. The smallest absolute Gasteiger partial charge is 0.407 e. The number of piperidine rings is 1. The van der Waals surface area contributed by atoms with Gasteiger partial charge in [-0.25, -0.2) is 9.59 Å². The number of amides is 1. The van der Waals surface area contributed by atoms with Crippen LogP contribution >= 0.6 is 0 Å². The molecule has 0 aromatic carbocycles. The van der Waals surface area contributed by atoms with E-state index < -0.39 is 5.60 Å². The van der Waals surface area contributed by atoms with E-state index in [0.717, 1.165) is 51.0 Å². The Morgan fingerprint density at radius 1 is 1.33 bits per heavy atom. The lowest BCUT2D eigenvalue weighted by atomic mass is 9.96. The summed E-state index contributed by atoms with van der Waals surface area (Å²) >= 11 is 0. The molecule has 0 bridgehead atoms. The standard InChI is InChI=1S/C21H33N3O3/c1-5-6-11-22-18-7-8-19(16(14-18)15-25)24-12-9-17(10-13-24)23-20(26)27-21(2,3)4/h7-8,14,17,19,22H,5-6,9-13H2,1-4H3,(H,23,26). The second kappa shape index (κ2) is 9.77. The van der Waals surface area contributed by atoms with Crippen LogP contribution in [0.3, 0.4) is 0 Å². The van der Waals surface area contributed by atoms with E-state index in [-0.39, 0.29) is 18.2 Å². The van der Waals surface area contributed by atoms with Gasteiger partial charge >= 0.3 is 6.09 Å². The maximum atomic E-state index is 11.9. The molecular formula is C21H33N3O3. The Morgan fingerprint density at radius 2 is 2.04 bits per heavy atom. The van der Waals surface area contributed by atoms with Gasteiger partial charge in [0.05, 0.1) is 11.6 Å². The molecule has 1 fully saturated rings. The fourth-order valence-corrected chi connectivity index (χ4v) is 3.32. The van der Waals surface area contributed by atoms with E-state index in [2.05, 4.69) is 34.5 Å². The number of ether oxygens (including phenoxy) is 1. The van der Waals surface area contributed by atoms with Crippen LogP contribution in [-0.4, -0.2) is 54.3 Å². The molecule has 1 amide bonds. The highest BCUT2D eigenvalue weighted by Crippen LogP contribution is 2.23. The highest BCUT2D eigenvalue weighted by Gasteiger charge is 2.29. The van der Waals surface area contributed by atoms with Gasteiger partial charge in [-0.1, -0.05) is 19.4 Å². The van der Waals surface area contributed by atoms with Gasteiger partial charge in [0, 0.05) is 31.4 Å². The predicted octanol–water partition coefficient (Wildman–Crippen LogP) is 2.95. The number of likely N-dealkylation sites (tertiary alicyclic amines) is 1. The Labute approximate surface area is 162 Å². The number of nitrogens with zero attached hydrogens (tertiary/aromatic N) is 1. The van der Waals surface area contributed by atoms with E-state index in [1.807, 2.05) is 32.9 Å². The first-order valence-electron chi connectivity index (χ1n) is 9.94. The normalized spacial score (nSPS) is 21.4. The van der Waals surface area contributed by atoms with Gasteiger partial charge in [0.2, 0.25) is 0 Å². The summed E-state index contributed by atoms with van der Waals surface area (Å²) in [5, 5.41) is 6.30. The van der Waals surface area contributed by atoms with Crippen LogP contribution in [0.25, 0.3) is 0 Å². The zero-order valence-corrected chi connectivity index (χ0v) is 17.0. The van der Waals surface area contributed by atoms with E-state index in [4.69, 9.17) is 4.74 Å². The maximum Gasteiger partial charge on any atom is 0.407 e. The first-order chi connectivity index (χ1) is 12.8. The molecule has 2 aliphatic rings. The van der Waals surface area contributed by atoms with Crippen molar-refractivity contribution in [1.29, 1.82) is 0 Å². The van der Waals surface area contributed by atoms with Crippen LogP contribution in [0, 0.1) is 0 Å². The molecule has 2 rings (SSSR count). The number of hydrogen-bond donors (Lipinski definition) is 2. The maximum absolute atomic E-state index is 11.9. The van der Waals surface area contributed by atoms with Gasteiger partial charge in [-0.3, -0.25) is 4.90 Å². The first kappa shape index (κ1) is 21.3. The zero-order chi connectivity index (χ0) is 19.9. The summed E-state index contributed by atoms with van der Waals surface area (Å²) in [5.41, 5.74) is 1.14. The molecule has 0 radical (unpaired) electrons. The largest absolute Gasteiger partial charge is 0.444 e. The van der Waals surface area contributed by atoms with Crippen LogP contribution in [0.2, 0.25) is 0 Å². The molecule has 0 spiro atoms. The Kier molecular flexibility index (Phi) is 7.69. The monoisotopic (exact) mass is 375 g/mol. The second-order valence-corrected chi connectivity index (χ2v) is 8.20. The van der Waals surface area contributed by atoms with Crippen LogP contribution in [0.4, 0.5) is 4.79 Å². The van der Waals surface area contributed by atoms with Gasteiger partial charge in [0.25, 0.3) is 0 Å². The summed E-state index contributed by atoms with van der Waals surface area (Å²) < 4.78 is 5.33. The highest BCUT2D eigenvalue weighted by molar-refractivity contribution is 5.68. The fraction of sp³-hybridized carbons (Fsp3) is 0.667. The molecule has 1 aliphatic carbocycles. The summed E-state index contributed by atoms with van der Waals surface area (Å²) in [7, 11) is 0. The van der Waals surface area contributed by atoms with E-state index >= 15 is 0 Å². The Morgan fingerprint density at radius 3 is 2.63 bits per heavy atom. The van der Waals surface area contributed by atoms with Crippen molar-refractivity contribution < 1.29 is 14.3 Å². The zero-order valence-electron chi connectivity index (χ0n) is 17.0. The molecule has 1 unspecified atom stereocenters. The summed E-state index contributed by atoms with van der Waals surface area (Å²) in [6, 6.07) is 0.0656. The number of allylic oxidation sites excluding steroid dienone is 1. The third kappa shape index (κ3) is 6.89. The first-order valence-corrected chi connectivity index (χ1v) is 9.94. The van der Waals surface area contributed by atoms with Crippen molar-refractivity contribution in [1.82, 2.24) is 15.5 Å². The van der Waals surface area contributed by atoms with Crippen molar-refractivity contribution in [3.8, 4) is 0 Å². The molecule has 0 aromatic rings. The SMILES string of the molecule is CCCCNC1=CC(=C=O)C(N2CCC(NC(=O)OC(C)(C)C)CC2)C=C1. The fourth-order valence-electron chi connectivity index (χ4n) is 3.32. The van der Waals surface area contributed by atoms with Crippen LogP contribution in [0.15, 0.2) is 29.5 Å². The van der Waals surface area contributed by atoms with Gasteiger partial charge < -0.3 is 15.4 Å². The summed E-state index contributed by atoms with van der Waals surface area (Å²) in [5.74, 6) is 2.11. The van der Waals surface area contributed by atoms with Crippen LogP contribution in [0.1, 0.15) is 53.4 Å². The lowest BCUT2D eigenvalue weighted by molar-refractivity contribution is 0.0476. The minimum Gasteiger partial charge on any atom is -0.444 e. The average molecular weight is 376 g/mol. The third-order valence-electron chi connectivity index (χ3n) is 4.71. The average Bonchev–Trinajstić information content (AvgIpc) is 2.61. The van der Waals surface area contributed by atoms with Crippen molar-refractivity contribution >= 4 is 12.0 Å². The van der Waals surface area contributed by atoms with Gasteiger partial charge in [-0.15, -0.1) is 0 Å². The Balaban J connectivity index is 1.84. The summed E-state index contributed by atoms with van der Waals surface area (Å²) in [6.45, 7) is 10.3. The Hall–Kier alpha value is -2.04. The lowest BCUT2D eigenvalue weighted by Gasteiger charge is -2.37. The molecule has 1 atom stereocenters. The van der Waals surface area contributed by atoms with Crippen molar-refractivity contribution in [3.05, 3.63) is 29.5 Å². The highest BCUT2D eigenvalue weighted by atomic mass is 16.6. The molecule has 0 saturated carbocycles. The quantitative estimate of drug-likeness (QED) is 0.552. The molecule has 6 nitrogen and oxygen atoms in total. The van der Waals surface area contributed by atoms with Crippen molar-refractivity contribution in [2.24, 2.45) is 0 Å². The lowest BCUT2D eigenvalue weighted by Crippen LogP contribution is -2.49. The molecule has 1 aliphatic heterocycles. The van der Waals surface area contributed by atoms with E-state index in [9.17, 15) is 9.59 Å². The summed E-state index contributed by atoms with van der Waals surface area (Å²) in [6.07, 6.45) is 9.56. The topological polar surface area (TPSA) is 70.7 Å². The van der Waals surface area contributed by atoms with Gasteiger partial charge in [0.1, 0.15) is 11.5 Å². The number of rotatable bonds is 6. The molecule has 2 N–H and O–H groups in total. The molecule has 0 aromatic heterocycles. The van der Waals surface area contributed by atoms with Crippen LogP contribution in [0.5, 0.6) is 0 Å². The number of nitrogens with one attached hydrogen (secondary N) is 2. The van der Waals surface area contributed by atoms with Crippen molar-refractivity contribution in [3.63, 3.8) is 0 Å². The van der Waals surface area contributed by atoms with Gasteiger partial charge in [-0.2, -0.15) is 0 Å². The molecule has 1 heterocycles. The predicted molar refractivity (Wildman–Crippen MR) is 107 cm³/mol. The van der Waals surface area contributed by atoms with E-state index in [0.29, 0.717) is 5.57 Å². The van der Waals surface area contributed by atoms with Crippen LogP contribution < -0.4 is 10.6 Å². The van der Waals surface area contributed by atoms with Crippen molar-refractivity contribution in [2.75, 3.05) is 19.6 Å². The number of carbonyl (C=O) groups excluding carboxylic acids is 2. The second-order valence-electron chi connectivity index (χ2n) is 8.20. The third-order valence-corrected chi connectivity index (χ3v) is 4.71. The molecule has 27 heavy (non-hydrogen) atoms. The summed E-state index contributed by atoms with van der Waals surface area (Å²) in [4.78, 5) is 25.7. The Bertz CT molecular complexity index is 619. The minimum absolute atomic E-state index is 0.0401. The minimum atomic E-state index is -0.490. The number of unbranched alkanes of at least 4 members (excludes halogenated alkanes) is 1. The van der Waals surface area contributed by atoms with Gasteiger partial charge in [0.15, 0.2) is 0 Å². The van der Waals surface area contributed by atoms with E-state index in [1.165, 1.54) is 0 Å². The number of hydrogen-bond acceptors (Lipinski definition) is 5. The van der Waals surface area contributed by atoms with Crippen molar-refractivity contribution in [2.45, 2.75) is 71.1 Å². The van der Waals surface area contributed by atoms with E-state index in [1.54, 1.807) is 0 Å². The number of carbonyl (C=O) groups is 1.